The molecule has 0 radical (unpaired) electrons. The fraction of sp³-hybridized carbons (Fsp3) is 0.0513. The van der Waals surface area contributed by atoms with Crippen LogP contribution in [0.1, 0.15) is 11.1 Å². The summed E-state index contributed by atoms with van der Waals surface area (Å²) in [6, 6.07) is 23.0. The van der Waals surface area contributed by atoms with Crippen LogP contribution in [0.3, 0.4) is 0 Å². The molecule has 7 N–H and O–H groups in total. The number of nitrogens with one attached hydrogen (secondary N) is 2. The van der Waals surface area contributed by atoms with Gasteiger partial charge >= 0.3 is 35.6 Å². The number of phenolic OH excluding ortho intramolecular Hbond substituents is 2. The van der Waals surface area contributed by atoms with Crippen LogP contribution in [-0.2, 0) is 30.4 Å². The fourth-order valence-corrected chi connectivity index (χ4v) is 8.04. The van der Waals surface area contributed by atoms with Gasteiger partial charge in [0.1, 0.15) is 21.2 Å². The molecule has 22 heteroatoms. The molecule has 7 rings (SSSR count). The van der Waals surface area contributed by atoms with E-state index in [-0.39, 0.29) is 73.1 Å². The van der Waals surface area contributed by atoms with E-state index in [1.807, 2.05) is 13.0 Å². The van der Waals surface area contributed by atoms with Crippen LogP contribution in [0.25, 0.3) is 32.3 Å². The van der Waals surface area contributed by atoms with Gasteiger partial charge in [0.05, 0.1) is 16.3 Å². The van der Waals surface area contributed by atoms with E-state index >= 15 is 0 Å². The maximum Gasteiger partial charge on any atom is 1.00 e. The molecule has 0 bridgehead atoms. The van der Waals surface area contributed by atoms with Crippen LogP contribution in [0, 0.1) is 13.8 Å². The summed E-state index contributed by atoms with van der Waals surface area (Å²) >= 11 is 0. The van der Waals surface area contributed by atoms with Crippen LogP contribution in [0.4, 0.5) is 38.9 Å². The Balaban J connectivity index is 0.00000622. The Morgan fingerprint density at radius 3 is 1.56 bits per heavy atom. The van der Waals surface area contributed by atoms with E-state index in [0.29, 0.717) is 16.5 Å². The van der Waals surface area contributed by atoms with Crippen LogP contribution < -0.4 is 40.2 Å². The average Bonchev–Trinajstić information content (AvgIpc) is 3.16. The molecule has 0 spiro atoms. The second-order valence-electron chi connectivity index (χ2n) is 13.4. The molecule has 7 aromatic carbocycles. The molecule has 0 aliphatic carbocycles. The first kappa shape index (κ1) is 44.7. The van der Waals surface area contributed by atoms with Gasteiger partial charge in [-0.25, -0.2) is 4.79 Å². The van der Waals surface area contributed by atoms with E-state index in [2.05, 4.69) is 31.1 Å². The Morgan fingerprint density at radius 2 is 1.03 bits per heavy atom. The maximum absolute atomic E-state index is 13.1. The summed E-state index contributed by atoms with van der Waals surface area (Å²) in [5.74, 6) is -1.26. The molecule has 0 aliphatic rings. The van der Waals surface area contributed by atoms with Crippen LogP contribution in [0.15, 0.2) is 138 Å². The predicted octanol–water partition coefficient (Wildman–Crippen LogP) is 6.39. The number of rotatable bonds is 9. The minimum absolute atomic E-state index is 0. The summed E-state index contributed by atoms with van der Waals surface area (Å²) in [6.07, 6.45) is 0. The van der Waals surface area contributed by atoms with Crippen molar-refractivity contribution < 1.29 is 83.5 Å². The third-order valence-corrected chi connectivity index (χ3v) is 11.7. The van der Waals surface area contributed by atoms with Crippen molar-refractivity contribution in [2.24, 2.45) is 20.5 Å². The van der Waals surface area contributed by atoms with E-state index in [4.69, 9.17) is 0 Å². The summed E-state index contributed by atoms with van der Waals surface area (Å²) < 4.78 is 102. The number of fused-ring (bicyclic) bond motifs is 3. The van der Waals surface area contributed by atoms with Gasteiger partial charge in [-0.15, -0.1) is 10.2 Å². The van der Waals surface area contributed by atoms with Gasteiger partial charge in [0, 0.05) is 22.1 Å². The van der Waals surface area contributed by atoms with Gasteiger partial charge < -0.3 is 20.8 Å². The summed E-state index contributed by atoms with van der Waals surface area (Å²) in [5, 5.41) is 44.5. The molecule has 0 atom stereocenters. The number of carbonyl (C=O) groups is 1. The predicted molar refractivity (Wildman–Crippen MR) is 222 cm³/mol. The van der Waals surface area contributed by atoms with E-state index < -0.39 is 69.1 Å². The number of hydrogen-bond acceptors (Lipinski definition) is 13. The van der Waals surface area contributed by atoms with Gasteiger partial charge in [0.15, 0.2) is 11.5 Å². The standard InChI is InChI=1S/C39H30N6O12S3.Na/c1-20-3-4-21(2)32(13-20)43-45-36-34(60(55,56)57)19-25-16-27(9-12-31(25)38(36)47)41-39(48)40-26-8-11-30-24(15-26)18-33(59(52,53)54)35(37(30)46)44-42-28-7-5-23-17-29(58(49,50)51)10-6-22(23)14-28;/h3-19,46-47H,1-2H3,(H2,40,41,48)(H,49,50,51)(H,52,53,54)(H,55,56,57);/q;+1. The average molecular weight is 894 g/mol. The normalized spacial score (nSPS) is 12.3. The van der Waals surface area contributed by atoms with Crippen molar-refractivity contribution in [2.45, 2.75) is 28.5 Å². The van der Waals surface area contributed by atoms with Gasteiger partial charge in [-0.3, -0.25) is 13.7 Å². The molecular weight excluding hydrogens is 864 g/mol. The van der Waals surface area contributed by atoms with Crippen molar-refractivity contribution in [3.05, 3.63) is 114 Å². The molecule has 61 heavy (non-hydrogen) atoms. The van der Waals surface area contributed by atoms with Gasteiger partial charge in [-0.2, -0.15) is 35.5 Å². The van der Waals surface area contributed by atoms with Crippen molar-refractivity contribution in [2.75, 3.05) is 10.6 Å². The van der Waals surface area contributed by atoms with Gasteiger partial charge in [0.2, 0.25) is 0 Å². The number of anilines is 2. The zero-order valence-electron chi connectivity index (χ0n) is 31.9. The molecular formula is C39H30N6NaO12S3+. The second-order valence-corrected chi connectivity index (χ2v) is 17.6. The number of amides is 2. The van der Waals surface area contributed by atoms with Gasteiger partial charge in [-0.1, -0.05) is 24.3 Å². The number of hydrogen-bond donors (Lipinski definition) is 7. The first-order valence-electron chi connectivity index (χ1n) is 17.2. The SMILES string of the molecule is Cc1ccc(C)c(N=Nc2c(S(=O)(=O)O)cc3cc(NC(=O)Nc4ccc5c(O)c(N=Nc6ccc7cc(S(=O)(=O)O)ccc7c6)c(S(=O)(=O)O)cc5c4)ccc3c2O)c1.[Na+]. The summed E-state index contributed by atoms with van der Waals surface area (Å²) in [7, 11) is -14.4. The number of aromatic hydroxyl groups is 2. The minimum atomic E-state index is -5.01. The van der Waals surface area contributed by atoms with Crippen LogP contribution in [-0.4, -0.2) is 55.2 Å². The minimum Gasteiger partial charge on any atom is -0.505 e. The third kappa shape index (κ3) is 9.70. The van der Waals surface area contributed by atoms with E-state index in [0.717, 1.165) is 23.3 Å². The van der Waals surface area contributed by atoms with Crippen molar-refractivity contribution in [1.82, 2.24) is 0 Å². The Labute approximate surface area is 369 Å². The first-order chi connectivity index (χ1) is 28.2. The molecule has 2 amide bonds. The van der Waals surface area contributed by atoms with Crippen molar-refractivity contribution >= 4 is 103 Å². The fourth-order valence-electron chi connectivity index (χ4n) is 6.21. The first-order valence-corrected chi connectivity index (χ1v) is 21.5. The van der Waals surface area contributed by atoms with Crippen molar-refractivity contribution in [3.63, 3.8) is 0 Å². The Kier molecular flexibility index (Phi) is 12.4. The molecule has 0 fully saturated rings. The largest absolute Gasteiger partial charge is 1.00 e. The molecule has 0 saturated heterocycles. The Hall–Kier alpha value is -5.88. The van der Waals surface area contributed by atoms with Gasteiger partial charge in [-0.05, 0) is 125 Å². The topological polar surface area (TPSA) is 294 Å². The van der Waals surface area contributed by atoms with Crippen LogP contribution >= 0.6 is 0 Å². The zero-order chi connectivity index (χ0) is 43.3. The van der Waals surface area contributed by atoms with E-state index in [1.54, 1.807) is 19.1 Å². The number of nitrogens with zero attached hydrogens (tertiary/aromatic N) is 4. The van der Waals surface area contributed by atoms with Crippen LogP contribution in [0.2, 0.25) is 0 Å². The Morgan fingerprint density at radius 1 is 0.525 bits per heavy atom. The number of carbonyl (C=O) groups excluding carboxylic acids is 1. The quantitative estimate of drug-likeness (QED) is 0.0471. The number of urea groups is 1. The number of phenols is 2. The molecule has 7 aromatic rings. The number of benzene rings is 7. The number of azo groups is 2. The summed E-state index contributed by atoms with van der Waals surface area (Å²) in [4.78, 5) is 11.2. The molecule has 0 saturated carbocycles. The molecule has 306 valence electrons. The molecule has 0 aromatic heterocycles. The number of aryl methyl sites for hydroxylation is 2. The summed E-state index contributed by atoms with van der Waals surface area (Å²) in [5.41, 5.74) is 1.31. The van der Waals surface area contributed by atoms with Crippen LogP contribution in [0.5, 0.6) is 11.5 Å². The maximum atomic E-state index is 13.1. The molecule has 0 aliphatic heterocycles. The second kappa shape index (κ2) is 16.9. The van der Waals surface area contributed by atoms with Crippen molar-refractivity contribution in [1.29, 1.82) is 0 Å². The molecule has 0 heterocycles. The van der Waals surface area contributed by atoms with Crippen molar-refractivity contribution in [3.8, 4) is 11.5 Å². The Bertz CT molecular complexity index is 3380. The molecule has 0 unspecified atom stereocenters. The zero-order valence-corrected chi connectivity index (χ0v) is 36.4. The van der Waals surface area contributed by atoms with Gasteiger partial charge in [0.25, 0.3) is 30.4 Å². The smallest absolute Gasteiger partial charge is 0.505 e. The van der Waals surface area contributed by atoms with E-state index in [1.165, 1.54) is 72.8 Å². The third-order valence-electron chi connectivity index (χ3n) is 9.15. The monoisotopic (exact) mass is 893 g/mol. The molecule has 18 nitrogen and oxygen atoms in total. The van der Waals surface area contributed by atoms with E-state index in [9.17, 15) is 53.9 Å². The summed E-state index contributed by atoms with van der Waals surface area (Å²) in [6.45, 7) is 3.60.